The predicted molar refractivity (Wildman–Crippen MR) is 79.0 cm³/mol. The number of rotatable bonds is 3. The van der Waals surface area contributed by atoms with E-state index in [0.717, 1.165) is 23.8 Å². The van der Waals surface area contributed by atoms with Crippen LogP contribution < -0.4 is 0 Å². The molecule has 0 amide bonds. The van der Waals surface area contributed by atoms with Crippen molar-refractivity contribution < 1.29 is 0 Å². The fourth-order valence-corrected chi connectivity index (χ4v) is 3.55. The Bertz CT molecular complexity index is 316. The maximum Gasteiger partial charge on any atom is 0.137 e. The summed E-state index contributed by atoms with van der Waals surface area (Å²) in [4.78, 5) is 2.24. The Labute approximate surface area is 109 Å². The number of nitrogens with zero attached hydrogens (tertiary/aromatic N) is 1. The van der Waals surface area contributed by atoms with Crippen LogP contribution in [0.5, 0.6) is 0 Å². The lowest BCUT2D eigenvalue weighted by molar-refractivity contribution is 0.482. The highest BCUT2D eigenvalue weighted by Crippen LogP contribution is 2.35. The summed E-state index contributed by atoms with van der Waals surface area (Å²) in [7, 11) is 0. The highest BCUT2D eigenvalue weighted by molar-refractivity contribution is 8.23. The van der Waals surface area contributed by atoms with E-state index in [2.05, 4.69) is 50.8 Å². The molecule has 16 heavy (non-hydrogen) atoms. The molecule has 0 aromatic carbocycles. The largest absolute Gasteiger partial charge is 0.358 e. The summed E-state index contributed by atoms with van der Waals surface area (Å²) in [6.07, 6.45) is 7.84. The number of allylic oxidation sites excluding steroid dienone is 3. The topological polar surface area (TPSA) is 3.24 Å². The molecule has 0 aliphatic heterocycles. The van der Waals surface area contributed by atoms with Gasteiger partial charge in [0.2, 0.25) is 0 Å². The summed E-state index contributed by atoms with van der Waals surface area (Å²) in [6, 6.07) is 0. The molecule has 1 atom stereocenters. The summed E-state index contributed by atoms with van der Waals surface area (Å²) in [5, 5.41) is 0. The van der Waals surface area contributed by atoms with Gasteiger partial charge in [0.15, 0.2) is 0 Å². The average molecular weight is 255 g/mol. The van der Waals surface area contributed by atoms with Crippen LogP contribution in [0.25, 0.3) is 0 Å². The van der Waals surface area contributed by atoms with Crippen molar-refractivity contribution in [2.45, 2.75) is 38.9 Å². The third kappa shape index (κ3) is 3.63. The molecular formula is C13H21NS2. The number of thioether (sulfide) groups is 1. The molecule has 1 rings (SSSR count). The Morgan fingerprint density at radius 3 is 2.56 bits per heavy atom. The van der Waals surface area contributed by atoms with Crippen molar-refractivity contribution in [1.82, 2.24) is 4.90 Å². The van der Waals surface area contributed by atoms with Crippen LogP contribution in [0.3, 0.4) is 0 Å². The van der Waals surface area contributed by atoms with E-state index in [1.165, 1.54) is 5.57 Å². The van der Waals surface area contributed by atoms with Gasteiger partial charge in [-0.1, -0.05) is 47.8 Å². The lowest BCUT2D eigenvalue weighted by Gasteiger charge is -2.31. The average Bonchev–Trinajstić information content (AvgIpc) is 2.24. The molecule has 0 aromatic heterocycles. The third-order valence-corrected chi connectivity index (χ3v) is 4.58. The van der Waals surface area contributed by atoms with Crippen LogP contribution in [-0.2, 0) is 0 Å². The molecule has 0 spiro atoms. The lowest BCUT2D eigenvalue weighted by Crippen LogP contribution is -2.31. The molecule has 1 aliphatic carbocycles. The summed E-state index contributed by atoms with van der Waals surface area (Å²) < 4.78 is 1.16. The van der Waals surface area contributed by atoms with Crippen molar-refractivity contribution in [3.8, 4) is 0 Å². The van der Waals surface area contributed by atoms with Gasteiger partial charge < -0.3 is 4.90 Å². The molecule has 0 saturated carbocycles. The smallest absolute Gasteiger partial charge is 0.137 e. The molecule has 0 heterocycles. The molecule has 90 valence electrons. The third-order valence-electron chi connectivity index (χ3n) is 2.87. The van der Waals surface area contributed by atoms with Crippen LogP contribution in [-0.4, -0.2) is 27.1 Å². The quantitative estimate of drug-likeness (QED) is 0.702. The van der Waals surface area contributed by atoms with Gasteiger partial charge in [-0.3, -0.25) is 0 Å². The van der Waals surface area contributed by atoms with E-state index in [1.807, 2.05) is 11.8 Å². The van der Waals surface area contributed by atoms with Crippen molar-refractivity contribution in [2.24, 2.45) is 0 Å². The normalized spacial score (nSPS) is 24.1. The monoisotopic (exact) mass is 255 g/mol. The van der Waals surface area contributed by atoms with Gasteiger partial charge >= 0.3 is 0 Å². The van der Waals surface area contributed by atoms with Gasteiger partial charge in [0.05, 0.1) is 0 Å². The molecule has 0 saturated heterocycles. The van der Waals surface area contributed by atoms with E-state index in [-0.39, 0.29) is 4.75 Å². The van der Waals surface area contributed by atoms with Crippen LogP contribution in [0.15, 0.2) is 23.8 Å². The van der Waals surface area contributed by atoms with Gasteiger partial charge in [0.25, 0.3) is 0 Å². The summed E-state index contributed by atoms with van der Waals surface area (Å²) in [5.41, 5.74) is 1.35. The Kier molecular flexibility index (Phi) is 5.06. The van der Waals surface area contributed by atoms with Gasteiger partial charge in [-0.2, -0.15) is 0 Å². The molecule has 1 unspecified atom stereocenters. The van der Waals surface area contributed by atoms with E-state index in [0.29, 0.717) is 0 Å². The Morgan fingerprint density at radius 2 is 2.12 bits per heavy atom. The zero-order valence-electron chi connectivity index (χ0n) is 10.6. The van der Waals surface area contributed by atoms with Crippen LogP contribution >= 0.6 is 24.0 Å². The fraction of sp³-hybridized carbons (Fsp3) is 0.615. The van der Waals surface area contributed by atoms with E-state index < -0.39 is 0 Å². The maximum atomic E-state index is 5.49. The molecule has 1 aliphatic rings. The van der Waals surface area contributed by atoms with Crippen molar-refractivity contribution >= 4 is 28.3 Å². The van der Waals surface area contributed by atoms with Crippen molar-refractivity contribution in [3.63, 3.8) is 0 Å². The van der Waals surface area contributed by atoms with Crippen LogP contribution in [0.1, 0.15) is 34.1 Å². The van der Waals surface area contributed by atoms with Crippen LogP contribution in [0, 0.1) is 0 Å². The molecule has 0 fully saturated rings. The predicted octanol–water partition coefficient (Wildman–Crippen LogP) is 4.01. The standard InChI is InChI=1S/C13H21NS2/c1-5-14(6-2)12(15)16-13(4)9-7-11(3)8-10-13/h7-9H,5-6,10H2,1-4H3. The van der Waals surface area contributed by atoms with Crippen LogP contribution in [0.2, 0.25) is 0 Å². The van der Waals surface area contributed by atoms with E-state index >= 15 is 0 Å². The first-order valence-electron chi connectivity index (χ1n) is 5.84. The van der Waals surface area contributed by atoms with Gasteiger partial charge in [-0.15, -0.1) is 0 Å². The van der Waals surface area contributed by atoms with Gasteiger partial charge in [0.1, 0.15) is 4.32 Å². The van der Waals surface area contributed by atoms with E-state index in [4.69, 9.17) is 12.2 Å². The number of hydrogen-bond donors (Lipinski definition) is 0. The van der Waals surface area contributed by atoms with Gasteiger partial charge in [-0.25, -0.2) is 0 Å². The minimum Gasteiger partial charge on any atom is -0.358 e. The molecule has 1 nitrogen and oxygen atoms in total. The number of hydrogen-bond acceptors (Lipinski definition) is 2. The minimum atomic E-state index is 0.138. The molecule has 0 bridgehead atoms. The second kappa shape index (κ2) is 5.87. The summed E-state index contributed by atoms with van der Waals surface area (Å²) in [6.45, 7) is 10.7. The molecule has 0 N–H and O–H groups in total. The lowest BCUT2D eigenvalue weighted by atomic mass is 9.98. The number of thiocarbonyl (C=S) groups is 1. The maximum absolute atomic E-state index is 5.49. The SMILES string of the molecule is CCN(CC)C(=S)SC1(C)C=CC(C)=CC1. The van der Waals surface area contributed by atoms with Gasteiger partial charge in [-0.05, 0) is 34.1 Å². The van der Waals surface area contributed by atoms with Crippen molar-refractivity contribution in [3.05, 3.63) is 23.8 Å². The van der Waals surface area contributed by atoms with E-state index in [1.54, 1.807) is 0 Å². The first-order chi connectivity index (χ1) is 7.50. The first kappa shape index (κ1) is 13.8. The second-order valence-corrected chi connectivity index (χ2v) is 6.51. The van der Waals surface area contributed by atoms with Crippen molar-refractivity contribution in [2.75, 3.05) is 13.1 Å². The Hall–Kier alpha value is -0.280. The zero-order chi connectivity index (χ0) is 12.2. The summed E-state index contributed by atoms with van der Waals surface area (Å²) >= 11 is 7.30. The van der Waals surface area contributed by atoms with Crippen LogP contribution in [0.4, 0.5) is 0 Å². The van der Waals surface area contributed by atoms with E-state index in [9.17, 15) is 0 Å². The molecule has 0 radical (unpaired) electrons. The minimum absolute atomic E-state index is 0.138. The Morgan fingerprint density at radius 1 is 1.50 bits per heavy atom. The molecule has 0 aromatic rings. The zero-order valence-corrected chi connectivity index (χ0v) is 12.3. The Balaban J connectivity index is 2.61. The molecular weight excluding hydrogens is 234 g/mol. The molecule has 3 heteroatoms. The van der Waals surface area contributed by atoms with Gasteiger partial charge in [0, 0.05) is 17.8 Å². The fourth-order valence-electron chi connectivity index (χ4n) is 1.63. The highest BCUT2D eigenvalue weighted by atomic mass is 32.2. The summed E-state index contributed by atoms with van der Waals surface area (Å²) in [5.74, 6) is 0. The van der Waals surface area contributed by atoms with Crippen molar-refractivity contribution in [1.29, 1.82) is 0 Å². The first-order valence-corrected chi connectivity index (χ1v) is 7.07. The second-order valence-electron chi connectivity index (χ2n) is 4.34. The highest BCUT2D eigenvalue weighted by Gasteiger charge is 2.25.